The number of piperidine rings is 1. The molecule has 3 rings (SSSR count). The van der Waals surface area contributed by atoms with Gasteiger partial charge in [-0.2, -0.15) is 0 Å². The maximum absolute atomic E-state index is 12.5. The number of anilines is 1. The predicted octanol–water partition coefficient (Wildman–Crippen LogP) is 3.74. The Morgan fingerprint density at radius 3 is 2.80 bits per heavy atom. The van der Waals surface area contributed by atoms with Crippen LogP contribution in [-0.4, -0.2) is 35.4 Å². The van der Waals surface area contributed by atoms with Crippen molar-refractivity contribution in [1.82, 2.24) is 9.88 Å². The van der Waals surface area contributed by atoms with Crippen LogP contribution < -0.4 is 4.90 Å². The van der Waals surface area contributed by atoms with Crippen LogP contribution in [0.1, 0.15) is 31.7 Å². The van der Waals surface area contributed by atoms with Crippen molar-refractivity contribution >= 4 is 11.6 Å². The second kappa shape index (κ2) is 8.77. The fraction of sp³-hybridized carbons (Fsp3) is 0.429. The maximum Gasteiger partial charge on any atom is 0.226 e. The van der Waals surface area contributed by atoms with Crippen LogP contribution in [0.15, 0.2) is 54.9 Å². The van der Waals surface area contributed by atoms with E-state index in [2.05, 4.69) is 16.0 Å². The molecule has 0 saturated carbocycles. The first-order valence-electron chi connectivity index (χ1n) is 9.23. The van der Waals surface area contributed by atoms with Gasteiger partial charge in [-0.05, 0) is 49.1 Å². The van der Waals surface area contributed by atoms with Gasteiger partial charge >= 0.3 is 0 Å². The first-order valence-corrected chi connectivity index (χ1v) is 9.23. The Morgan fingerprint density at radius 1 is 1.24 bits per heavy atom. The molecule has 1 amide bonds. The largest absolute Gasteiger partial charge is 0.312 e. The fourth-order valence-corrected chi connectivity index (χ4v) is 3.60. The summed E-state index contributed by atoms with van der Waals surface area (Å²) in [6.07, 6.45) is 6.68. The Balaban J connectivity index is 1.64. The summed E-state index contributed by atoms with van der Waals surface area (Å²) in [4.78, 5) is 21.1. The molecule has 4 heteroatoms. The van der Waals surface area contributed by atoms with Crippen molar-refractivity contribution in [3.8, 4) is 0 Å². The number of hydrogen-bond acceptors (Lipinski definition) is 3. The monoisotopic (exact) mass is 337 g/mol. The molecule has 0 bridgehead atoms. The number of benzene rings is 1. The molecule has 25 heavy (non-hydrogen) atoms. The minimum Gasteiger partial charge on any atom is -0.312 e. The third-order valence-electron chi connectivity index (χ3n) is 4.84. The van der Waals surface area contributed by atoms with Crippen LogP contribution in [-0.2, 0) is 11.3 Å². The van der Waals surface area contributed by atoms with Gasteiger partial charge in [-0.1, -0.05) is 31.2 Å². The van der Waals surface area contributed by atoms with E-state index in [1.54, 1.807) is 0 Å². The molecular weight excluding hydrogens is 310 g/mol. The van der Waals surface area contributed by atoms with E-state index in [1.807, 2.05) is 60.6 Å². The molecule has 2 heterocycles. The summed E-state index contributed by atoms with van der Waals surface area (Å²) in [7, 11) is 0. The topological polar surface area (TPSA) is 36.4 Å². The molecule has 1 aromatic heterocycles. The van der Waals surface area contributed by atoms with Crippen LogP contribution in [0, 0.1) is 5.92 Å². The fourth-order valence-electron chi connectivity index (χ4n) is 3.60. The van der Waals surface area contributed by atoms with Crippen molar-refractivity contribution in [2.24, 2.45) is 5.92 Å². The molecule has 0 radical (unpaired) electrons. The van der Waals surface area contributed by atoms with Gasteiger partial charge in [-0.25, -0.2) is 0 Å². The van der Waals surface area contributed by atoms with E-state index in [0.29, 0.717) is 12.3 Å². The van der Waals surface area contributed by atoms with Crippen LogP contribution in [0.5, 0.6) is 0 Å². The van der Waals surface area contributed by atoms with Crippen molar-refractivity contribution in [2.45, 2.75) is 32.7 Å². The zero-order chi connectivity index (χ0) is 17.5. The van der Waals surface area contributed by atoms with Gasteiger partial charge < -0.3 is 4.90 Å². The number of carbonyl (C=O) groups excluding carboxylic acids is 1. The molecule has 0 N–H and O–H groups in total. The molecule has 2 aromatic rings. The Kier molecular flexibility index (Phi) is 6.18. The average molecular weight is 337 g/mol. The summed E-state index contributed by atoms with van der Waals surface area (Å²) in [5.74, 6) is 0.719. The number of para-hydroxylation sites is 1. The normalized spacial score (nSPS) is 18.0. The van der Waals surface area contributed by atoms with Gasteiger partial charge in [0, 0.05) is 44.1 Å². The highest BCUT2D eigenvalue weighted by molar-refractivity contribution is 5.93. The maximum atomic E-state index is 12.5. The van der Waals surface area contributed by atoms with E-state index in [4.69, 9.17) is 0 Å². The van der Waals surface area contributed by atoms with Crippen molar-refractivity contribution in [3.05, 3.63) is 60.4 Å². The van der Waals surface area contributed by atoms with E-state index in [-0.39, 0.29) is 5.91 Å². The van der Waals surface area contributed by atoms with Gasteiger partial charge in [0.05, 0.1) is 0 Å². The summed E-state index contributed by atoms with van der Waals surface area (Å²) < 4.78 is 0. The lowest BCUT2D eigenvalue weighted by molar-refractivity contribution is -0.118. The lowest BCUT2D eigenvalue weighted by Crippen LogP contribution is -2.42. The Labute approximate surface area is 150 Å². The first kappa shape index (κ1) is 17.6. The predicted molar refractivity (Wildman–Crippen MR) is 101 cm³/mol. The summed E-state index contributed by atoms with van der Waals surface area (Å²) >= 11 is 0. The Hall–Kier alpha value is -2.20. The summed E-state index contributed by atoms with van der Waals surface area (Å²) in [5, 5.41) is 0. The minimum absolute atomic E-state index is 0.204. The molecule has 1 unspecified atom stereocenters. The van der Waals surface area contributed by atoms with Gasteiger partial charge in [0.15, 0.2) is 0 Å². The Bertz CT molecular complexity index is 659. The molecular formula is C21H27N3O. The number of amides is 1. The summed E-state index contributed by atoms with van der Waals surface area (Å²) in [6.45, 7) is 5.85. The van der Waals surface area contributed by atoms with Gasteiger partial charge in [-0.3, -0.25) is 14.7 Å². The minimum atomic E-state index is 0.204. The molecule has 132 valence electrons. The zero-order valence-corrected chi connectivity index (χ0v) is 15.0. The van der Waals surface area contributed by atoms with Crippen molar-refractivity contribution < 1.29 is 4.79 Å². The van der Waals surface area contributed by atoms with Crippen LogP contribution in [0.2, 0.25) is 0 Å². The lowest BCUT2D eigenvalue weighted by Gasteiger charge is -2.35. The second-order valence-corrected chi connectivity index (χ2v) is 6.80. The number of carbonyl (C=O) groups is 1. The highest BCUT2D eigenvalue weighted by atomic mass is 16.2. The Morgan fingerprint density at radius 2 is 2.08 bits per heavy atom. The number of likely N-dealkylation sites (tertiary alicyclic amines) is 1. The SMILES string of the molecule is CCC(=O)N(CC1CCCN(Cc2cccnc2)C1)c1ccccc1. The molecule has 4 nitrogen and oxygen atoms in total. The molecule has 1 aliphatic rings. The quantitative estimate of drug-likeness (QED) is 0.806. The molecule has 0 aliphatic carbocycles. The van der Waals surface area contributed by atoms with Gasteiger partial charge in [-0.15, -0.1) is 0 Å². The summed E-state index contributed by atoms with van der Waals surface area (Å²) in [6, 6.07) is 14.2. The third-order valence-corrected chi connectivity index (χ3v) is 4.84. The van der Waals surface area contributed by atoms with Crippen molar-refractivity contribution in [1.29, 1.82) is 0 Å². The standard InChI is InChI=1S/C21H27N3O/c1-2-21(25)24(20-10-4-3-5-11-20)17-19-9-7-13-23(16-19)15-18-8-6-12-22-14-18/h3-6,8,10-12,14,19H,2,7,9,13,15-17H2,1H3. The van der Waals surface area contributed by atoms with Crippen LogP contribution in [0.4, 0.5) is 5.69 Å². The number of pyridine rings is 1. The summed E-state index contributed by atoms with van der Waals surface area (Å²) in [5.41, 5.74) is 2.27. The number of nitrogens with zero attached hydrogens (tertiary/aromatic N) is 3. The van der Waals surface area contributed by atoms with E-state index in [0.717, 1.165) is 31.9 Å². The molecule has 1 atom stereocenters. The van der Waals surface area contributed by atoms with Crippen molar-refractivity contribution in [2.75, 3.05) is 24.5 Å². The molecule has 1 fully saturated rings. The van der Waals surface area contributed by atoms with Crippen LogP contribution in [0.3, 0.4) is 0 Å². The number of rotatable bonds is 6. The number of aromatic nitrogens is 1. The van der Waals surface area contributed by atoms with E-state index in [1.165, 1.54) is 18.4 Å². The molecule has 0 spiro atoms. The van der Waals surface area contributed by atoms with Crippen molar-refractivity contribution in [3.63, 3.8) is 0 Å². The second-order valence-electron chi connectivity index (χ2n) is 6.80. The highest BCUT2D eigenvalue weighted by Gasteiger charge is 2.24. The van der Waals surface area contributed by atoms with Crippen LogP contribution in [0.25, 0.3) is 0 Å². The third kappa shape index (κ3) is 4.89. The van der Waals surface area contributed by atoms with E-state index >= 15 is 0 Å². The van der Waals surface area contributed by atoms with Gasteiger partial charge in [0.25, 0.3) is 0 Å². The molecule has 1 aromatic carbocycles. The molecule has 1 aliphatic heterocycles. The van der Waals surface area contributed by atoms with Gasteiger partial charge in [0.1, 0.15) is 0 Å². The lowest BCUT2D eigenvalue weighted by atomic mass is 9.96. The van der Waals surface area contributed by atoms with E-state index in [9.17, 15) is 4.79 Å². The first-order chi connectivity index (χ1) is 12.3. The van der Waals surface area contributed by atoms with Gasteiger partial charge in [0.2, 0.25) is 5.91 Å². The van der Waals surface area contributed by atoms with Crippen LogP contribution >= 0.6 is 0 Å². The van der Waals surface area contributed by atoms with E-state index < -0.39 is 0 Å². The number of hydrogen-bond donors (Lipinski definition) is 0. The molecule has 1 saturated heterocycles. The highest BCUT2D eigenvalue weighted by Crippen LogP contribution is 2.23. The zero-order valence-electron chi connectivity index (χ0n) is 15.0. The smallest absolute Gasteiger partial charge is 0.226 e. The average Bonchev–Trinajstić information content (AvgIpc) is 2.67.